The second kappa shape index (κ2) is 10.1. The second-order valence-electron chi connectivity index (χ2n) is 8.02. The molecule has 0 aliphatic heterocycles. The van der Waals surface area contributed by atoms with Crippen LogP contribution in [0.4, 0.5) is 0 Å². The predicted molar refractivity (Wildman–Crippen MR) is 132 cm³/mol. The Labute approximate surface area is 202 Å². The van der Waals surface area contributed by atoms with Crippen LogP contribution in [0.3, 0.4) is 0 Å². The van der Waals surface area contributed by atoms with E-state index in [9.17, 15) is 9.59 Å². The van der Waals surface area contributed by atoms with Crippen LogP contribution in [0.1, 0.15) is 50.4 Å². The van der Waals surface area contributed by atoms with E-state index < -0.39 is 0 Å². The molecule has 2 aromatic heterocycles. The van der Waals surface area contributed by atoms with Crippen molar-refractivity contribution in [3.63, 3.8) is 0 Å². The standard InChI is InChI=1S/C26H26N4O3S/c1-16-10-8-9-13-22(16)33-14-23-28-29-26(30(23)20-11-6-5-7-12-20)34-15-21(32)25-17(2)24(19(4)31)18(3)27-25/h5-13,27H,14-15H2,1-4H3. The molecular formula is C26H26N4O3S. The van der Waals surface area contributed by atoms with Crippen LogP contribution in [-0.4, -0.2) is 37.1 Å². The molecule has 8 heteroatoms. The van der Waals surface area contributed by atoms with Gasteiger partial charge in [0.2, 0.25) is 0 Å². The molecule has 0 spiro atoms. The average Bonchev–Trinajstić information content (AvgIpc) is 3.37. The molecule has 4 aromatic rings. The first-order valence-electron chi connectivity index (χ1n) is 10.9. The Morgan fingerprint density at radius 3 is 2.38 bits per heavy atom. The molecule has 0 saturated carbocycles. The second-order valence-corrected chi connectivity index (χ2v) is 8.96. The number of thioether (sulfide) groups is 1. The summed E-state index contributed by atoms with van der Waals surface area (Å²) in [4.78, 5) is 28.0. The van der Waals surface area contributed by atoms with E-state index in [0.717, 1.165) is 17.0 Å². The third kappa shape index (κ3) is 4.82. The Morgan fingerprint density at radius 1 is 1.00 bits per heavy atom. The number of ketones is 2. The van der Waals surface area contributed by atoms with Gasteiger partial charge in [0.25, 0.3) is 0 Å². The van der Waals surface area contributed by atoms with Crippen molar-refractivity contribution in [1.29, 1.82) is 0 Å². The maximum absolute atomic E-state index is 13.0. The van der Waals surface area contributed by atoms with E-state index in [0.29, 0.717) is 33.5 Å². The molecular weight excluding hydrogens is 448 g/mol. The highest BCUT2D eigenvalue weighted by molar-refractivity contribution is 7.99. The zero-order valence-electron chi connectivity index (χ0n) is 19.6. The van der Waals surface area contributed by atoms with E-state index in [-0.39, 0.29) is 23.9 Å². The Balaban J connectivity index is 1.57. The van der Waals surface area contributed by atoms with E-state index in [2.05, 4.69) is 15.2 Å². The lowest BCUT2D eigenvalue weighted by Gasteiger charge is -2.12. The van der Waals surface area contributed by atoms with Crippen LogP contribution in [-0.2, 0) is 6.61 Å². The van der Waals surface area contributed by atoms with Gasteiger partial charge in [-0.3, -0.25) is 14.2 Å². The van der Waals surface area contributed by atoms with Crippen LogP contribution in [0, 0.1) is 20.8 Å². The Bertz CT molecular complexity index is 1340. The van der Waals surface area contributed by atoms with Gasteiger partial charge in [0.15, 0.2) is 22.5 Å². The number of aryl methyl sites for hydroxylation is 2. The molecule has 0 radical (unpaired) electrons. The molecule has 2 aromatic carbocycles. The molecule has 7 nitrogen and oxygen atoms in total. The number of H-pyrrole nitrogens is 1. The maximum atomic E-state index is 13.0. The van der Waals surface area contributed by atoms with Crippen LogP contribution in [0.25, 0.3) is 5.69 Å². The molecule has 0 aliphatic carbocycles. The maximum Gasteiger partial charge on any atom is 0.196 e. The lowest BCUT2D eigenvalue weighted by Crippen LogP contribution is -2.09. The molecule has 1 N–H and O–H groups in total. The van der Waals surface area contributed by atoms with Crippen molar-refractivity contribution in [1.82, 2.24) is 19.7 Å². The number of para-hydroxylation sites is 2. The summed E-state index contributed by atoms with van der Waals surface area (Å²) in [7, 11) is 0. The summed E-state index contributed by atoms with van der Waals surface area (Å²) < 4.78 is 7.92. The fraction of sp³-hybridized carbons (Fsp3) is 0.231. The number of hydrogen-bond acceptors (Lipinski definition) is 6. The molecule has 0 unspecified atom stereocenters. The monoisotopic (exact) mass is 474 g/mol. The molecule has 2 heterocycles. The summed E-state index contributed by atoms with van der Waals surface area (Å²) in [6.07, 6.45) is 0. The number of benzene rings is 2. The van der Waals surface area contributed by atoms with Crippen LogP contribution in [0.15, 0.2) is 59.8 Å². The number of carbonyl (C=O) groups is 2. The molecule has 0 aliphatic rings. The smallest absolute Gasteiger partial charge is 0.196 e. The van der Waals surface area contributed by atoms with Gasteiger partial charge in [-0.1, -0.05) is 48.2 Å². The minimum absolute atomic E-state index is 0.0555. The molecule has 34 heavy (non-hydrogen) atoms. The first kappa shape index (κ1) is 23.5. The topological polar surface area (TPSA) is 89.9 Å². The molecule has 4 rings (SSSR count). The molecule has 0 atom stereocenters. The van der Waals surface area contributed by atoms with Gasteiger partial charge >= 0.3 is 0 Å². The third-order valence-corrected chi connectivity index (χ3v) is 6.49. The minimum atomic E-state index is -0.0987. The number of hydrogen-bond donors (Lipinski definition) is 1. The van der Waals surface area contributed by atoms with Gasteiger partial charge in [-0.25, -0.2) is 0 Å². The molecule has 0 bridgehead atoms. The normalized spacial score (nSPS) is 10.9. The molecule has 174 valence electrons. The van der Waals surface area contributed by atoms with Crippen molar-refractivity contribution in [2.75, 3.05) is 5.75 Å². The lowest BCUT2D eigenvalue weighted by atomic mass is 10.1. The summed E-state index contributed by atoms with van der Waals surface area (Å²) in [6, 6.07) is 17.6. The predicted octanol–water partition coefficient (Wildman–Crippen LogP) is 5.28. The Morgan fingerprint density at radius 2 is 1.71 bits per heavy atom. The number of aromatic nitrogens is 4. The van der Waals surface area contributed by atoms with Gasteiger partial charge < -0.3 is 9.72 Å². The van der Waals surface area contributed by atoms with E-state index in [1.54, 1.807) is 13.8 Å². The van der Waals surface area contributed by atoms with Crippen LogP contribution in [0.2, 0.25) is 0 Å². The van der Waals surface area contributed by atoms with Crippen LogP contribution < -0.4 is 4.74 Å². The average molecular weight is 475 g/mol. The number of nitrogens with one attached hydrogen (secondary N) is 1. The summed E-state index contributed by atoms with van der Waals surface area (Å²) in [5.41, 5.74) is 4.36. The Kier molecular flexibility index (Phi) is 6.98. The van der Waals surface area contributed by atoms with E-state index in [1.807, 2.05) is 66.1 Å². The number of aromatic amines is 1. The highest BCUT2D eigenvalue weighted by atomic mass is 32.2. The van der Waals surface area contributed by atoms with Gasteiger partial charge in [0, 0.05) is 16.9 Å². The minimum Gasteiger partial charge on any atom is -0.485 e. The highest BCUT2D eigenvalue weighted by Crippen LogP contribution is 2.26. The zero-order chi connectivity index (χ0) is 24.2. The van der Waals surface area contributed by atoms with E-state index in [4.69, 9.17) is 4.74 Å². The number of rotatable bonds is 9. The summed E-state index contributed by atoms with van der Waals surface area (Å²) in [5.74, 6) is 1.42. The third-order valence-electron chi connectivity index (χ3n) is 5.57. The Hall–Kier alpha value is -3.65. The van der Waals surface area contributed by atoms with Crippen LogP contribution >= 0.6 is 11.8 Å². The van der Waals surface area contributed by atoms with Gasteiger partial charge in [-0.15, -0.1) is 10.2 Å². The van der Waals surface area contributed by atoms with Gasteiger partial charge in [-0.05, 0) is 57.0 Å². The summed E-state index contributed by atoms with van der Waals surface area (Å²) in [5, 5.41) is 9.29. The van der Waals surface area contributed by atoms with Crippen molar-refractivity contribution in [3.05, 3.63) is 88.5 Å². The fourth-order valence-electron chi connectivity index (χ4n) is 3.94. The zero-order valence-corrected chi connectivity index (χ0v) is 20.4. The highest BCUT2D eigenvalue weighted by Gasteiger charge is 2.22. The quantitative estimate of drug-likeness (QED) is 0.262. The molecule has 0 fully saturated rings. The first-order valence-corrected chi connectivity index (χ1v) is 11.9. The SMILES string of the molecule is CC(=O)c1c(C)[nH]c(C(=O)CSc2nnc(COc3ccccc3C)n2-c2ccccc2)c1C. The van der Waals surface area contributed by atoms with Gasteiger partial charge in [0.05, 0.1) is 11.4 Å². The van der Waals surface area contributed by atoms with Gasteiger partial charge in [0.1, 0.15) is 12.4 Å². The van der Waals surface area contributed by atoms with E-state index in [1.165, 1.54) is 18.7 Å². The number of nitrogens with zero attached hydrogens (tertiary/aromatic N) is 3. The lowest BCUT2D eigenvalue weighted by molar-refractivity contribution is 0.101. The summed E-state index contributed by atoms with van der Waals surface area (Å²) >= 11 is 1.30. The van der Waals surface area contributed by atoms with Gasteiger partial charge in [-0.2, -0.15) is 0 Å². The van der Waals surface area contributed by atoms with Crippen molar-refractivity contribution < 1.29 is 14.3 Å². The molecule has 0 amide bonds. The van der Waals surface area contributed by atoms with Crippen molar-refractivity contribution >= 4 is 23.3 Å². The van der Waals surface area contributed by atoms with Crippen molar-refractivity contribution in [2.24, 2.45) is 0 Å². The molecule has 0 saturated heterocycles. The largest absolute Gasteiger partial charge is 0.485 e. The first-order chi connectivity index (χ1) is 16.4. The van der Waals surface area contributed by atoms with Crippen LogP contribution in [0.5, 0.6) is 5.75 Å². The van der Waals surface area contributed by atoms with Crippen molar-refractivity contribution in [2.45, 2.75) is 39.5 Å². The summed E-state index contributed by atoms with van der Waals surface area (Å²) in [6.45, 7) is 7.34. The number of carbonyl (C=O) groups excluding carboxylic acids is 2. The number of ether oxygens (including phenoxy) is 1. The fourth-order valence-corrected chi connectivity index (χ4v) is 4.79. The number of Topliss-reactive ketones (excluding diaryl/α,β-unsaturated/α-hetero) is 2. The van der Waals surface area contributed by atoms with Crippen molar-refractivity contribution in [3.8, 4) is 11.4 Å². The van der Waals surface area contributed by atoms with E-state index >= 15 is 0 Å².